The standard InChI is InChI=1S/C19H19N3O4/c1-3-22-11(2)18(15-8-13(23)6-7-16(15)22)19(26)21-20-10-12-4-5-14(24)9-17(12)25/h4-10,23-25H,3H2,1-2H3,(H,21,26)/b20-10+. The molecule has 0 radical (unpaired) electrons. The summed E-state index contributed by atoms with van der Waals surface area (Å²) in [6, 6.07) is 8.98. The molecule has 0 aliphatic carbocycles. The van der Waals surface area contributed by atoms with Gasteiger partial charge < -0.3 is 19.9 Å². The Morgan fingerprint density at radius 1 is 1.15 bits per heavy atom. The second kappa shape index (κ2) is 6.79. The van der Waals surface area contributed by atoms with Gasteiger partial charge in [-0.05, 0) is 44.2 Å². The molecular formula is C19H19N3O4. The van der Waals surface area contributed by atoms with E-state index in [0.29, 0.717) is 23.1 Å². The van der Waals surface area contributed by atoms with Crippen molar-refractivity contribution >= 4 is 23.0 Å². The Morgan fingerprint density at radius 3 is 2.54 bits per heavy atom. The number of aryl methyl sites for hydroxylation is 1. The summed E-state index contributed by atoms with van der Waals surface area (Å²) in [7, 11) is 0. The topological polar surface area (TPSA) is 107 Å². The molecule has 134 valence electrons. The number of aromatic hydroxyl groups is 3. The van der Waals surface area contributed by atoms with Crippen molar-refractivity contribution in [2.45, 2.75) is 20.4 Å². The van der Waals surface area contributed by atoms with Crippen molar-refractivity contribution in [2.75, 3.05) is 0 Å². The number of carbonyl (C=O) groups is 1. The van der Waals surface area contributed by atoms with Crippen molar-refractivity contribution in [3.8, 4) is 17.2 Å². The molecular weight excluding hydrogens is 334 g/mol. The molecule has 0 atom stereocenters. The zero-order chi connectivity index (χ0) is 18.8. The first-order valence-corrected chi connectivity index (χ1v) is 8.09. The fraction of sp³-hybridized carbons (Fsp3) is 0.158. The first-order valence-electron chi connectivity index (χ1n) is 8.09. The fourth-order valence-corrected chi connectivity index (χ4v) is 3.02. The third kappa shape index (κ3) is 3.06. The van der Waals surface area contributed by atoms with Crippen LogP contribution in [0.4, 0.5) is 0 Å². The van der Waals surface area contributed by atoms with Gasteiger partial charge >= 0.3 is 0 Å². The van der Waals surface area contributed by atoms with E-state index in [1.54, 1.807) is 18.2 Å². The molecule has 1 heterocycles. The van der Waals surface area contributed by atoms with E-state index >= 15 is 0 Å². The number of nitrogens with zero attached hydrogens (tertiary/aromatic N) is 2. The predicted octanol–water partition coefficient (Wildman–Crippen LogP) is 2.85. The number of nitrogens with one attached hydrogen (secondary N) is 1. The largest absolute Gasteiger partial charge is 0.508 e. The van der Waals surface area contributed by atoms with Crippen molar-refractivity contribution in [3.05, 3.63) is 53.2 Å². The number of fused-ring (bicyclic) bond motifs is 1. The Balaban J connectivity index is 1.91. The summed E-state index contributed by atoms with van der Waals surface area (Å²) in [6.45, 7) is 4.50. The number of amides is 1. The Labute approximate surface area is 149 Å². The van der Waals surface area contributed by atoms with Crippen LogP contribution in [0.2, 0.25) is 0 Å². The lowest BCUT2D eigenvalue weighted by Crippen LogP contribution is -2.18. The third-order valence-corrected chi connectivity index (χ3v) is 4.23. The van der Waals surface area contributed by atoms with Gasteiger partial charge in [-0.2, -0.15) is 5.10 Å². The minimum Gasteiger partial charge on any atom is -0.508 e. The van der Waals surface area contributed by atoms with Gasteiger partial charge in [0.05, 0.1) is 11.8 Å². The molecule has 0 aliphatic rings. The second-order valence-electron chi connectivity index (χ2n) is 5.85. The highest BCUT2D eigenvalue weighted by Gasteiger charge is 2.19. The van der Waals surface area contributed by atoms with Crippen LogP contribution in [0.15, 0.2) is 41.5 Å². The highest BCUT2D eigenvalue weighted by Crippen LogP contribution is 2.29. The maximum absolute atomic E-state index is 12.6. The SMILES string of the molecule is CCn1c(C)c(C(=O)N/N=C/c2ccc(O)cc2O)c2cc(O)ccc21. The average Bonchev–Trinajstić information content (AvgIpc) is 2.87. The summed E-state index contributed by atoms with van der Waals surface area (Å²) in [5.41, 5.74) is 4.86. The molecule has 0 unspecified atom stereocenters. The molecule has 0 bridgehead atoms. The number of phenolic OH excluding ortho intramolecular Hbond substituents is 3. The van der Waals surface area contributed by atoms with Gasteiger partial charge in [-0.3, -0.25) is 4.79 Å². The molecule has 7 nitrogen and oxygen atoms in total. The molecule has 3 rings (SSSR count). The highest BCUT2D eigenvalue weighted by atomic mass is 16.3. The van der Waals surface area contributed by atoms with E-state index in [1.807, 2.05) is 18.4 Å². The minimum atomic E-state index is -0.417. The van der Waals surface area contributed by atoms with Gasteiger partial charge in [0, 0.05) is 34.8 Å². The molecule has 26 heavy (non-hydrogen) atoms. The van der Waals surface area contributed by atoms with Crippen molar-refractivity contribution in [1.82, 2.24) is 9.99 Å². The predicted molar refractivity (Wildman–Crippen MR) is 98.8 cm³/mol. The van der Waals surface area contributed by atoms with Gasteiger partial charge in [0.1, 0.15) is 17.2 Å². The van der Waals surface area contributed by atoms with Crippen molar-refractivity contribution < 1.29 is 20.1 Å². The zero-order valence-corrected chi connectivity index (χ0v) is 14.4. The van der Waals surface area contributed by atoms with E-state index in [4.69, 9.17) is 0 Å². The van der Waals surface area contributed by atoms with Crippen molar-refractivity contribution in [2.24, 2.45) is 5.10 Å². The molecule has 0 spiro atoms. The lowest BCUT2D eigenvalue weighted by atomic mass is 10.1. The maximum Gasteiger partial charge on any atom is 0.273 e. The number of carbonyl (C=O) groups excluding carboxylic acids is 1. The van der Waals surface area contributed by atoms with Crippen LogP contribution in [0, 0.1) is 6.92 Å². The van der Waals surface area contributed by atoms with E-state index in [2.05, 4.69) is 10.5 Å². The summed E-state index contributed by atoms with van der Waals surface area (Å²) in [4.78, 5) is 12.6. The molecule has 1 aromatic heterocycles. The number of hydrogen-bond acceptors (Lipinski definition) is 5. The van der Waals surface area contributed by atoms with Crippen LogP contribution in [0.1, 0.15) is 28.5 Å². The third-order valence-electron chi connectivity index (χ3n) is 4.23. The van der Waals surface area contributed by atoms with Crippen LogP contribution in [0.3, 0.4) is 0 Å². The molecule has 2 aromatic carbocycles. The van der Waals surface area contributed by atoms with Gasteiger partial charge in [-0.15, -0.1) is 0 Å². The number of hydrazone groups is 1. The summed E-state index contributed by atoms with van der Waals surface area (Å²) in [6.07, 6.45) is 1.29. The zero-order valence-electron chi connectivity index (χ0n) is 14.4. The Hall–Kier alpha value is -3.48. The van der Waals surface area contributed by atoms with Crippen molar-refractivity contribution in [1.29, 1.82) is 0 Å². The molecule has 7 heteroatoms. The summed E-state index contributed by atoms with van der Waals surface area (Å²) < 4.78 is 1.99. The van der Waals surface area contributed by atoms with Gasteiger partial charge in [-0.25, -0.2) is 5.43 Å². The number of hydrogen-bond donors (Lipinski definition) is 4. The molecule has 0 saturated carbocycles. The molecule has 4 N–H and O–H groups in total. The van der Waals surface area contributed by atoms with Crippen LogP contribution in [0.25, 0.3) is 10.9 Å². The summed E-state index contributed by atoms with van der Waals surface area (Å²) in [5.74, 6) is -0.546. The normalized spacial score (nSPS) is 11.3. The fourth-order valence-electron chi connectivity index (χ4n) is 3.02. The molecule has 0 saturated heterocycles. The number of rotatable bonds is 4. The molecule has 0 fully saturated rings. The van der Waals surface area contributed by atoms with Crippen LogP contribution in [0.5, 0.6) is 17.2 Å². The van der Waals surface area contributed by atoms with Gasteiger partial charge in [0.25, 0.3) is 5.91 Å². The van der Waals surface area contributed by atoms with E-state index in [9.17, 15) is 20.1 Å². The summed E-state index contributed by atoms with van der Waals surface area (Å²) >= 11 is 0. The summed E-state index contributed by atoms with van der Waals surface area (Å²) in [5, 5.41) is 33.3. The lowest BCUT2D eigenvalue weighted by molar-refractivity contribution is 0.0956. The minimum absolute atomic E-state index is 0.0634. The molecule has 3 aromatic rings. The maximum atomic E-state index is 12.6. The lowest BCUT2D eigenvalue weighted by Gasteiger charge is -2.04. The Bertz CT molecular complexity index is 1020. The van der Waals surface area contributed by atoms with Crippen molar-refractivity contribution in [3.63, 3.8) is 0 Å². The average molecular weight is 353 g/mol. The van der Waals surface area contributed by atoms with Crippen LogP contribution in [-0.2, 0) is 6.54 Å². The van der Waals surface area contributed by atoms with Crippen LogP contribution < -0.4 is 5.43 Å². The Morgan fingerprint density at radius 2 is 1.85 bits per heavy atom. The first kappa shape index (κ1) is 17.3. The van der Waals surface area contributed by atoms with E-state index < -0.39 is 5.91 Å². The van der Waals surface area contributed by atoms with Gasteiger partial charge in [0.15, 0.2) is 0 Å². The van der Waals surface area contributed by atoms with Crippen LogP contribution in [-0.4, -0.2) is 32.0 Å². The number of aromatic nitrogens is 1. The molecule has 0 aliphatic heterocycles. The van der Waals surface area contributed by atoms with Gasteiger partial charge in [-0.1, -0.05) is 0 Å². The quantitative estimate of drug-likeness (QED) is 0.427. The van der Waals surface area contributed by atoms with E-state index in [0.717, 1.165) is 11.2 Å². The molecule has 1 amide bonds. The smallest absolute Gasteiger partial charge is 0.273 e. The van der Waals surface area contributed by atoms with Crippen LogP contribution >= 0.6 is 0 Å². The van der Waals surface area contributed by atoms with E-state index in [1.165, 1.54) is 24.4 Å². The highest BCUT2D eigenvalue weighted by molar-refractivity contribution is 6.09. The van der Waals surface area contributed by atoms with Gasteiger partial charge in [0.2, 0.25) is 0 Å². The number of phenols is 3. The second-order valence-corrected chi connectivity index (χ2v) is 5.85. The van der Waals surface area contributed by atoms with E-state index in [-0.39, 0.29) is 17.2 Å². The Kier molecular flexibility index (Phi) is 4.53. The first-order chi connectivity index (χ1) is 12.4. The number of benzene rings is 2. The monoisotopic (exact) mass is 353 g/mol.